The SMILES string of the molecule is NC(N)=NC(=O)c1ccc2cccc(-c3ccc(F)cc3F)c2c1. The highest BCUT2D eigenvalue weighted by Crippen LogP contribution is 2.31. The van der Waals surface area contributed by atoms with Crippen molar-refractivity contribution < 1.29 is 13.6 Å². The molecule has 0 aliphatic heterocycles. The Morgan fingerprint density at radius 1 is 0.917 bits per heavy atom. The van der Waals surface area contributed by atoms with E-state index >= 15 is 0 Å². The van der Waals surface area contributed by atoms with Crippen molar-refractivity contribution in [1.82, 2.24) is 0 Å². The smallest absolute Gasteiger partial charge is 0.280 e. The Morgan fingerprint density at radius 2 is 1.71 bits per heavy atom. The van der Waals surface area contributed by atoms with Gasteiger partial charge in [0.2, 0.25) is 0 Å². The normalized spacial score (nSPS) is 10.6. The molecule has 120 valence electrons. The molecular formula is C18H13F2N3O. The fraction of sp³-hybridized carbons (Fsp3) is 0. The molecule has 0 spiro atoms. The van der Waals surface area contributed by atoms with Gasteiger partial charge >= 0.3 is 0 Å². The first-order valence-corrected chi connectivity index (χ1v) is 7.08. The number of hydrogen-bond donors (Lipinski definition) is 2. The van der Waals surface area contributed by atoms with Crippen LogP contribution in [0.2, 0.25) is 0 Å². The van der Waals surface area contributed by atoms with Gasteiger partial charge in [-0.05, 0) is 40.6 Å². The van der Waals surface area contributed by atoms with Gasteiger partial charge in [0.05, 0.1) is 0 Å². The Morgan fingerprint density at radius 3 is 2.42 bits per heavy atom. The first-order valence-electron chi connectivity index (χ1n) is 7.08. The van der Waals surface area contributed by atoms with E-state index in [1.165, 1.54) is 12.1 Å². The summed E-state index contributed by atoms with van der Waals surface area (Å²) >= 11 is 0. The van der Waals surface area contributed by atoms with Crippen LogP contribution in [-0.2, 0) is 0 Å². The lowest BCUT2D eigenvalue weighted by molar-refractivity contribution is 0.100. The van der Waals surface area contributed by atoms with Crippen LogP contribution in [0, 0.1) is 11.6 Å². The number of rotatable bonds is 2. The van der Waals surface area contributed by atoms with Gasteiger partial charge in [-0.15, -0.1) is 0 Å². The molecule has 3 aromatic rings. The van der Waals surface area contributed by atoms with Gasteiger partial charge in [0.1, 0.15) is 11.6 Å². The third kappa shape index (κ3) is 2.94. The van der Waals surface area contributed by atoms with E-state index in [2.05, 4.69) is 4.99 Å². The fourth-order valence-electron chi connectivity index (χ4n) is 2.53. The number of amides is 1. The van der Waals surface area contributed by atoms with E-state index in [1.807, 2.05) is 6.07 Å². The number of hydrogen-bond acceptors (Lipinski definition) is 1. The second kappa shape index (κ2) is 6.08. The Balaban J connectivity index is 2.22. The van der Waals surface area contributed by atoms with Crippen molar-refractivity contribution in [2.24, 2.45) is 16.5 Å². The lowest BCUT2D eigenvalue weighted by Gasteiger charge is -2.09. The van der Waals surface area contributed by atoms with Crippen LogP contribution in [0.4, 0.5) is 8.78 Å². The molecule has 0 aliphatic carbocycles. The van der Waals surface area contributed by atoms with Gasteiger partial charge in [-0.1, -0.05) is 24.3 Å². The third-order valence-electron chi connectivity index (χ3n) is 3.58. The molecule has 4 N–H and O–H groups in total. The summed E-state index contributed by atoms with van der Waals surface area (Å²) in [7, 11) is 0. The molecule has 1 amide bonds. The van der Waals surface area contributed by atoms with Crippen LogP contribution in [0.15, 0.2) is 59.6 Å². The van der Waals surface area contributed by atoms with Crippen molar-refractivity contribution in [3.63, 3.8) is 0 Å². The highest BCUT2D eigenvalue weighted by Gasteiger charge is 2.12. The zero-order valence-electron chi connectivity index (χ0n) is 12.5. The number of guanidine groups is 1. The summed E-state index contributed by atoms with van der Waals surface area (Å²) in [4.78, 5) is 15.5. The number of carbonyl (C=O) groups excluding carboxylic acids is 1. The highest BCUT2D eigenvalue weighted by atomic mass is 19.1. The van der Waals surface area contributed by atoms with Gasteiger partial charge in [0.15, 0.2) is 5.96 Å². The van der Waals surface area contributed by atoms with Crippen LogP contribution in [-0.4, -0.2) is 11.9 Å². The van der Waals surface area contributed by atoms with Crippen LogP contribution in [0.25, 0.3) is 21.9 Å². The number of aliphatic imine (C=N–C) groups is 1. The van der Waals surface area contributed by atoms with E-state index in [9.17, 15) is 13.6 Å². The quantitative estimate of drug-likeness (QED) is 0.561. The number of carbonyl (C=O) groups is 1. The monoisotopic (exact) mass is 325 g/mol. The van der Waals surface area contributed by atoms with Crippen LogP contribution >= 0.6 is 0 Å². The van der Waals surface area contributed by atoms with Crippen molar-refractivity contribution >= 4 is 22.6 Å². The molecule has 3 rings (SSSR count). The van der Waals surface area contributed by atoms with Crippen LogP contribution in [0.1, 0.15) is 10.4 Å². The van der Waals surface area contributed by atoms with Gasteiger partial charge < -0.3 is 11.5 Å². The zero-order chi connectivity index (χ0) is 17.3. The fourth-order valence-corrected chi connectivity index (χ4v) is 2.53. The van der Waals surface area contributed by atoms with Crippen molar-refractivity contribution in [3.8, 4) is 11.1 Å². The molecule has 4 nitrogen and oxygen atoms in total. The van der Waals surface area contributed by atoms with E-state index in [0.29, 0.717) is 10.9 Å². The minimum Gasteiger partial charge on any atom is -0.370 e. The summed E-state index contributed by atoms with van der Waals surface area (Å²) < 4.78 is 27.3. The molecule has 3 aromatic carbocycles. The number of halogens is 2. The summed E-state index contributed by atoms with van der Waals surface area (Å²) in [6, 6.07) is 13.6. The van der Waals surface area contributed by atoms with Crippen molar-refractivity contribution in [3.05, 3.63) is 71.8 Å². The highest BCUT2D eigenvalue weighted by molar-refractivity contribution is 6.06. The van der Waals surface area contributed by atoms with Crippen molar-refractivity contribution in [1.29, 1.82) is 0 Å². The average Bonchev–Trinajstić information content (AvgIpc) is 2.53. The summed E-state index contributed by atoms with van der Waals surface area (Å²) in [6.07, 6.45) is 0. The maximum Gasteiger partial charge on any atom is 0.280 e. The lowest BCUT2D eigenvalue weighted by atomic mass is 9.96. The predicted molar refractivity (Wildman–Crippen MR) is 89.4 cm³/mol. The molecule has 0 saturated heterocycles. The Bertz CT molecular complexity index is 979. The van der Waals surface area contributed by atoms with Crippen LogP contribution < -0.4 is 11.5 Å². The molecule has 0 saturated carbocycles. The summed E-state index contributed by atoms with van der Waals surface area (Å²) in [5.74, 6) is -2.26. The molecule has 24 heavy (non-hydrogen) atoms. The molecule has 0 radical (unpaired) electrons. The van der Waals surface area contributed by atoms with Crippen LogP contribution in [0.3, 0.4) is 0 Å². The van der Waals surface area contributed by atoms with Crippen LogP contribution in [0.5, 0.6) is 0 Å². The minimum atomic E-state index is -0.677. The molecule has 0 aliphatic rings. The second-order valence-electron chi connectivity index (χ2n) is 5.21. The maximum absolute atomic E-state index is 14.1. The van der Waals surface area contributed by atoms with E-state index in [4.69, 9.17) is 11.5 Å². The standard InChI is InChI=1S/C18H13F2N3O/c19-12-6-7-14(16(20)9-12)13-3-1-2-10-4-5-11(8-15(10)13)17(24)23-18(21)22/h1-9H,(H4,21,22,23,24). The number of fused-ring (bicyclic) bond motifs is 1. The first kappa shape index (κ1) is 15.6. The molecule has 0 unspecified atom stereocenters. The Kier molecular flexibility index (Phi) is 3.95. The minimum absolute atomic E-state index is 0.244. The zero-order valence-corrected chi connectivity index (χ0v) is 12.5. The summed E-state index contributed by atoms with van der Waals surface area (Å²) in [6.45, 7) is 0. The van der Waals surface area contributed by atoms with E-state index in [0.717, 1.165) is 11.5 Å². The van der Waals surface area contributed by atoms with Gasteiger partial charge in [0.25, 0.3) is 5.91 Å². The van der Waals surface area contributed by atoms with Gasteiger partial charge in [-0.3, -0.25) is 4.79 Å². The molecule has 0 heterocycles. The molecule has 6 heteroatoms. The number of nitrogens with zero attached hydrogens (tertiary/aromatic N) is 1. The topological polar surface area (TPSA) is 81.5 Å². The van der Waals surface area contributed by atoms with Gasteiger partial charge in [-0.25, -0.2) is 8.78 Å². The first-order chi connectivity index (χ1) is 11.5. The van der Waals surface area contributed by atoms with Crippen molar-refractivity contribution in [2.45, 2.75) is 0 Å². The lowest BCUT2D eigenvalue weighted by Crippen LogP contribution is -2.24. The van der Waals surface area contributed by atoms with Gasteiger partial charge in [-0.2, -0.15) is 4.99 Å². The second-order valence-corrected chi connectivity index (χ2v) is 5.21. The van der Waals surface area contributed by atoms with Gasteiger partial charge in [0, 0.05) is 17.2 Å². The molecule has 0 aromatic heterocycles. The largest absolute Gasteiger partial charge is 0.370 e. The summed E-state index contributed by atoms with van der Waals surface area (Å²) in [5.41, 5.74) is 11.5. The van der Waals surface area contributed by atoms with Crippen molar-refractivity contribution in [2.75, 3.05) is 0 Å². The van der Waals surface area contributed by atoms with E-state index in [-0.39, 0.29) is 17.1 Å². The average molecular weight is 325 g/mol. The molecular weight excluding hydrogens is 312 g/mol. The Labute approximate surface area is 136 Å². The summed E-state index contributed by atoms with van der Waals surface area (Å²) in [5, 5.41) is 1.44. The Hall–Kier alpha value is -3.28. The maximum atomic E-state index is 14.1. The van der Waals surface area contributed by atoms with E-state index < -0.39 is 17.5 Å². The molecule has 0 bridgehead atoms. The molecule has 0 fully saturated rings. The molecule has 0 atom stereocenters. The predicted octanol–water partition coefficient (Wildman–Crippen LogP) is 3.20. The number of nitrogens with two attached hydrogens (primary N) is 2. The third-order valence-corrected chi connectivity index (χ3v) is 3.58. The van der Waals surface area contributed by atoms with E-state index in [1.54, 1.807) is 30.3 Å². The number of benzene rings is 3.